The summed E-state index contributed by atoms with van der Waals surface area (Å²) in [6.07, 6.45) is 7.10. The molecule has 0 radical (unpaired) electrons. The molecule has 0 spiro atoms. The van der Waals surface area contributed by atoms with Crippen LogP contribution in [0.2, 0.25) is 0 Å². The molecule has 1 N–H and O–H groups in total. The Balaban J connectivity index is 1.99. The maximum atomic E-state index is 9.67. The highest BCUT2D eigenvalue weighted by atomic mass is 16.5. The second kappa shape index (κ2) is 5.61. The van der Waals surface area contributed by atoms with Gasteiger partial charge in [0.2, 0.25) is 0 Å². The minimum absolute atomic E-state index is 0.0945. The van der Waals surface area contributed by atoms with E-state index >= 15 is 0 Å². The molecule has 0 bridgehead atoms. The van der Waals surface area contributed by atoms with Crippen LogP contribution in [0, 0.1) is 5.92 Å². The largest absolute Gasteiger partial charge is 0.393 e. The number of aliphatic hydroxyl groups is 1. The van der Waals surface area contributed by atoms with Gasteiger partial charge in [0.05, 0.1) is 12.2 Å². The Kier molecular flexibility index (Phi) is 4.74. The second-order valence-electron chi connectivity index (χ2n) is 4.31. The van der Waals surface area contributed by atoms with Gasteiger partial charge in [-0.3, -0.25) is 0 Å². The number of methoxy groups -OCH3 is 1. The van der Waals surface area contributed by atoms with Gasteiger partial charge in [-0.2, -0.15) is 0 Å². The van der Waals surface area contributed by atoms with Crippen LogP contribution < -0.4 is 0 Å². The zero-order valence-electron chi connectivity index (χ0n) is 8.83. The normalized spacial score (nSPS) is 22.4. The summed E-state index contributed by atoms with van der Waals surface area (Å²) in [4.78, 5) is 0. The van der Waals surface area contributed by atoms with Crippen molar-refractivity contribution in [2.24, 2.45) is 5.92 Å². The number of ether oxygens (including phenoxy) is 1. The first-order valence-corrected chi connectivity index (χ1v) is 5.43. The van der Waals surface area contributed by atoms with Crippen LogP contribution in [0.15, 0.2) is 0 Å². The van der Waals surface area contributed by atoms with Crippen LogP contribution in [0.5, 0.6) is 0 Å². The van der Waals surface area contributed by atoms with Crippen molar-refractivity contribution in [3.8, 4) is 0 Å². The van der Waals surface area contributed by atoms with Crippen LogP contribution in [0.25, 0.3) is 0 Å². The molecule has 0 aromatic carbocycles. The monoisotopic (exact) mass is 186 g/mol. The van der Waals surface area contributed by atoms with Crippen LogP contribution in [-0.2, 0) is 4.74 Å². The lowest BCUT2D eigenvalue weighted by Gasteiger charge is -2.27. The van der Waals surface area contributed by atoms with Crippen molar-refractivity contribution >= 4 is 0 Å². The van der Waals surface area contributed by atoms with E-state index in [9.17, 15) is 5.11 Å². The van der Waals surface area contributed by atoms with Gasteiger partial charge in [-0.15, -0.1) is 0 Å². The van der Waals surface area contributed by atoms with Crippen LogP contribution in [-0.4, -0.2) is 24.4 Å². The van der Waals surface area contributed by atoms with Crippen molar-refractivity contribution in [3.05, 3.63) is 0 Å². The van der Waals surface area contributed by atoms with Crippen molar-refractivity contribution in [2.45, 2.75) is 57.7 Å². The third-order valence-electron chi connectivity index (χ3n) is 3.14. The van der Waals surface area contributed by atoms with Gasteiger partial charge in [-0.05, 0) is 32.1 Å². The number of hydrogen-bond acceptors (Lipinski definition) is 2. The molecular formula is C11H22O2. The second-order valence-corrected chi connectivity index (χ2v) is 4.31. The summed E-state index contributed by atoms with van der Waals surface area (Å²) >= 11 is 0. The minimum Gasteiger partial charge on any atom is -0.393 e. The fourth-order valence-electron chi connectivity index (χ4n) is 1.78. The molecule has 1 fully saturated rings. The van der Waals surface area contributed by atoms with E-state index in [4.69, 9.17) is 4.74 Å². The first-order valence-electron chi connectivity index (χ1n) is 5.43. The lowest BCUT2D eigenvalue weighted by molar-refractivity contribution is 0.0688. The summed E-state index contributed by atoms with van der Waals surface area (Å²) in [7, 11) is 1.73. The first kappa shape index (κ1) is 11.0. The average Bonchev–Trinajstić information content (AvgIpc) is 2.07. The maximum Gasteiger partial charge on any atom is 0.0544 e. The molecule has 0 saturated heterocycles. The molecule has 0 aromatic heterocycles. The van der Waals surface area contributed by atoms with Gasteiger partial charge in [0.25, 0.3) is 0 Å². The van der Waals surface area contributed by atoms with Gasteiger partial charge < -0.3 is 9.84 Å². The first-order chi connectivity index (χ1) is 6.22. The molecule has 1 rings (SSSR count). The van der Waals surface area contributed by atoms with E-state index in [1.54, 1.807) is 7.11 Å². The van der Waals surface area contributed by atoms with Crippen LogP contribution in [0.3, 0.4) is 0 Å². The molecule has 1 aliphatic rings. The van der Waals surface area contributed by atoms with Gasteiger partial charge in [0.15, 0.2) is 0 Å². The highest BCUT2D eigenvalue weighted by molar-refractivity contribution is 4.73. The molecule has 0 aliphatic heterocycles. The molecular weight excluding hydrogens is 164 g/mol. The smallest absolute Gasteiger partial charge is 0.0544 e. The van der Waals surface area contributed by atoms with Crippen molar-refractivity contribution in [1.29, 1.82) is 0 Å². The molecule has 2 heteroatoms. The topological polar surface area (TPSA) is 29.5 Å². The van der Waals surface area contributed by atoms with Crippen LogP contribution in [0.1, 0.15) is 45.4 Å². The highest BCUT2D eigenvalue weighted by Crippen LogP contribution is 2.31. The average molecular weight is 186 g/mol. The Morgan fingerprint density at radius 3 is 2.54 bits per heavy atom. The van der Waals surface area contributed by atoms with Crippen LogP contribution in [0.4, 0.5) is 0 Å². The molecule has 2 unspecified atom stereocenters. The molecule has 1 saturated carbocycles. The maximum absolute atomic E-state index is 9.67. The Morgan fingerprint density at radius 2 is 2.08 bits per heavy atom. The zero-order chi connectivity index (χ0) is 9.68. The minimum atomic E-state index is -0.0945. The fraction of sp³-hybridized carbons (Fsp3) is 1.00. The predicted octanol–water partition coefficient (Wildman–Crippen LogP) is 2.35. The third-order valence-corrected chi connectivity index (χ3v) is 3.14. The van der Waals surface area contributed by atoms with E-state index in [1.807, 2.05) is 0 Å². The summed E-state index contributed by atoms with van der Waals surface area (Å²) in [5.74, 6) is 0.813. The Hall–Kier alpha value is -0.0800. The van der Waals surface area contributed by atoms with E-state index in [0.717, 1.165) is 25.2 Å². The summed E-state index contributed by atoms with van der Waals surface area (Å²) in [5, 5.41) is 9.67. The van der Waals surface area contributed by atoms with Crippen molar-refractivity contribution in [1.82, 2.24) is 0 Å². The van der Waals surface area contributed by atoms with Crippen LogP contribution >= 0.6 is 0 Å². The van der Waals surface area contributed by atoms with Gasteiger partial charge in [0.1, 0.15) is 0 Å². The van der Waals surface area contributed by atoms with Gasteiger partial charge in [-0.1, -0.05) is 19.3 Å². The van der Waals surface area contributed by atoms with E-state index < -0.39 is 0 Å². The quantitative estimate of drug-likeness (QED) is 0.690. The van der Waals surface area contributed by atoms with Crippen molar-refractivity contribution < 1.29 is 9.84 Å². The summed E-state index contributed by atoms with van der Waals surface area (Å²) in [5.41, 5.74) is 0. The molecule has 1 aliphatic carbocycles. The molecule has 2 nitrogen and oxygen atoms in total. The fourth-order valence-corrected chi connectivity index (χ4v) is 1.78. The summed E-state index contributed by atoms with van der Waals surface area (Å²) < 4.78 is 5.13. The number of aliphatic hydroxyl groups excluding tert-OH is 1. The molecule has 2 atom stereocenters. The third kappa shape index (κ3) is 4.10. The standard InChI is InChI=1S/C11H22O2/c1-9(13-2)6-7-11(12)8-10-4-3-5-10/h9-12H,3-8H2,1-2H3. The summed E-state index contributed by atoms with van der Waals surface area (Å²) in [6, 6.07) is 0. The molecule has 78 valence electrons. The Bertz CT molecular complexity index is 132. The van der Waals surface area contributed by atoms with Gasteiger partial charge in [0, 0.05) is 7.11 Å². The van der Waals surface area contributed by atoms with E-state index in [0.29, 0.717) is 0 Å². The molecule has 0 amide bonds. The lowest BCUT2D eigenvalue weighted by atomic mass is 9.81. The van der Waals surface area contributed by atoms with Gasteiger partial charge in [-0.25, -0.2) is 0 Å². The predicted molar refractivity (Wildman–Crippen MR) is 53.7 cm³/mol. The number of rotatable bonds is 6. The molecule has 13 heavy (non-hydrogen) atoms. The zero-order valence-corrected chi connectivity index (χ0v) is 8.83. The molecule has 0 aromatic rings. The SMILES string of the molecule is COC(C)CCC(O)CC1CCC1. The van der Waals surface area contributed by atoms with Crippen molar-refractivity contribution in [3.63, 3.8) is 0 Å². The Labute approximate surface area is 81.3 Å². The highest BCUT2D eigenvalue weighted by Gasteiger charge is 2.20. The van der Waals surface area contributed by atoms with Crippen molar-refractivity contribution in [2.75, 3.05) is 7.11 Å². The van der Waals surface area contributed by atoms with E-state index in [-0.39, 0.29) is 12.2 Å². The Morgan fingerprint density at radius 1 is 1.38 bits per heavy atom. The number of hydrogen-bond donors (Lipinski definition) is 1. The molecule has 0 heterocycles. The van der Waals surface area contributed by atoms with E-state index in [1.165, 1.54) is 19.3 Å². The summed E-state index contributed by atoms with van der Waals surface area (Å²) in [6.45, 7) is 2.05. The lowest BCUT2D eigenvalue weighted by Crippen LogP contribution is -2.20. The van der Waals surface area contributed by atoms with Gasteiger partial charge >= 0.3 is 0 Å². The van der Waals surface area contributed by atoms with E-state index in [2.05, 4.69) is 6.92 Å².